The third kappa shape index (κ3) is 2.89. The number of rotatable bonds is 2. The normalized spacial score (nSPS) is 23.9. The van der Waals surface area contributed by atoms with Crippen molar-refractivity contribution in [1.82, 2.24) is 0 Å². The van der Waals surface area contributed by atoms with Crippen LogP contribution in [0.3, 0.4) is 0 Å². The highest BCUT2D eigenvalue weighted by Crippen LogP contribution is 2.18. The number of aliphatic carboxylic acids is 1. The Hall–Kier alpha value is -1.32. The van der Waals surface area contributed by atoms with Gasteiger partial charge in [-0.05, 0) is 19.3 Å². The van der Waals surface area contributed by atoms with E-state index in [0.29, 0.717) is 18.6 Å². The molecule has 0 aromatic rings. The Morgan fingerprint density at radius 1 is 1.69 bits per heavy atom. The molecule has 72 valence electrons. The molecule has 1 rings (SSSR count). The summed E-state index contributed by atoms with van der Waals surface area (Å²) in [5, 5.41) is 8.59. The first-order valence-electron chi connectivity index (χ1n) is 4.17. The number of hydrogen-bond donors (Lipinski definition) is 1. The van der Waals surface area contributed by atoms with Crippen LogP contribution in [0.4, 0.5) is 0 Å². The number of hydrogen-bond acceptors (Lipinski definition) is 3. The zero-order valence-corrected chi connectivity index (χ0v) is 7.45. The van der Waals surface area contributed by atoms with Crippen molar-refractivity contribution in [1.29, 1.82) is 0 Å². The molecule has 0 aliphatic carbocycles. The molecule has 1 unspecified atom stereocenters. The summed E-state index contributed by atoms with van der Waals surface area (Å²) in [6.45, 7) is 1.93. The van der Waals surface area contributed by atoms with E-state index in [1.165, 1.54) is 6.92 Å². The number of allylic oxidation sites excluding steroid dienone is 1. The van der Waals surface area contributed by atoms with E-state index >= 15 is 0 Å². The van der Waals surface area contributed by atoms with Crippen LogP contribution in [0.5, 0.6) is 0 Å². The molecule has 0 amide bonds. The van der Waals surface area contributed by atoms with Crippen molar-refractivity contribution in [2.45, 2.75) is 19.8 Å². The predicted molar refractivity (Wildman–Crippen MR) is 45.1 cm³/mol. The van der Waals surface area contributed by atoms with Gasteiger partial charge in [-0.2, -0.15) is 0 Å². The van der Waals surface area contributed by atoms with Crippen LogP contribution >= 0.6 is 0 Å². The molecule has 4 heteroatoms. The molecule has 0 aromatic heterocycles. The van der Waals surface area contributed by atoms with Crippen LogP contribution in [0.15, 0.2) is 11.6 Å². The van der Waals surface area contributed by atoms with Crippen molar-refractivity contribution < 1.29 is 19.4 Å². The Bertz CT molecular complexity index is 254. The maximum atomic E-state index is 10.8. The van der Waals surface area contributed by atoms with Gasteiger partial charge in [-0.15, -0.1) is 0 Å². The topological polar surface area (TPSA) is 63.6 Å². The van der Waals surface area contributed by atoms with Crippen molar-refractivity contribution in [3.63, 3.8) is 0 Å². The van der Waals surface area contributed by atoms with Gasteiger partial charge in [0, 0.05) is 5.57 Å². The molecule has 0 radical (unpaired) electrons. The number of esters is 1. The lowest BCUT2D eigenvalue weighted by molar-refractivity contribution is -0.148. The van der Waals surface area contributed by atoms with Crippen LogP contribution < -0.4 is 0 Å². The van der Waals surface area contributed by atoms with E-state index in [-0.39, 0.29) is 11.9 Å². The molecule has 1 saturated heterocycles. The van der Waals surface area contributed by atoms with Gasteiger partial charge in [0.2, 0.25) is 0 Å². The third-order valence-corrected chi connectivity index (χ3v) is 2.00. The van der Waals surface area contributed by atoms with Gasteiger partial charge in [0.1, 0.15) is 0 Å². The van der Waals surface area contributed by atoms with Crippen LogP contribution in [0.25, 0.3) is 0 Å². The molecule has 1 N–H and O–H groups in total. The molecular weight excluding hydrogens is 172 g/mol. The lowest BCUT2D eigenvalue weighted by Crippen LogP contribution is -2.20. The van der Waals surface area contributed by atoms with E-state index in [0.717, 1.165) is 6.42 Å². The number of carbonyl (C=O) groups is 2. The fourth-order valence-electron chi connectivity index (χ4n) is 1.27. The monoisotopic (exact) mass is 184 g/mol. The van der Waals surface area contributed by atoms with Crippen molar-refractivity contribution in [3.05, 3.63) is 11.6 Å². The molecule has 0 aromatic carbocycles. The van der Waals surface area contributed by atoms with Crippen molar-refractivity contribution in [2.75, 3.05) is 6.61 Å². The van der Waals surface area contributed by atoms with Crippen LogP contribution in [-0.2, 0) is 14.3 Å². The van der Waals surface area contributed by atoms with Crippen LogP contribution in [0.1, 0.15) is 19.8 Å². The van der Waals surface area contributed by atoms with Crippen molar-refractivity contribution >= 4 is 11.9 Å². The Morgan fingerprint density at radius 3 is 2.92 bits per heavy atom. The molecule has 1 aliphatic rings. The van der Waals surface area contributed by atoms with Gasteiger partial charge in [0.25, 0.3) is 0 Å². The summed E-state index contributed by atoms with van der Waals surface area (Å²) in [6.07, 6.45) is 2.64. The largest absolute Gasteiger partial charge is 0.478 e. The highest BCUT2D eigenvalue weighted by Gasteiger charge is 2.19. The first-order chi connectivity index (χ1) is 6.09. The summed E-state index contributed by atoms with van der Waals surface area (Å²) < 4.78 is 4.73. The van der Waals surface area contributed by atoms with Gasteiger partial charge in [-0.3, -0.25) is 4.79 Å². The van der Waals surface area contributed by atoms with E-state index in [2.05, 4.69) is 0 Å². The first-order valence-corrected chi connectivity index (χ1v) is 4.17. The predicted octanol–water partition coefficient (Wildman–Crippen LogP) is 0.970. The third-order valence-electron chi connectivity index (χ3n) is 2.00. The number of cyclic esters (lactones) is 1. The minimum absolute atomic E-state index is 0.0253. The van der Waals surface area contributed by atoms with Gasteiger partial charge < -0.3 is 9.84 Å². The van der Waals surface area contributed by atoms with E-state index in [1.807, 2.05) is 0 Å². The van der Waals surface area contributed by atoms with Gasteiger partial charge in [0.15, 0.2) is 0 Å². The Morgan fingerprint density at radius 2 is 2.38 bits per heavy atom. The molecule has 13 heavy (non-hydrogen) atoms. The molecule has 0 spiro atoms. The molecule has 1 heterocycles. The number of ether oxygens (including phenoxy) is 1. The Balaban J connectivity index is 2.57. The molecule has 1 atom stereocenters. The van der Waals surface area contributed by atoms with E-state index in [4.69, 9.17) is 9.84 Å². The second kappa shape index (κ2) is 4.07. The number of carboxylic acids is 1. The summed E-state index contributed by atoms with van der Waals surface area (Å²) in [4.78, 5) is 21.3. The van der Waals surface area contributed by atoms with Crippen molar-refractivity contribution in [2.24, 2.45) is 5.92 Å². The standard InChI is InChI=1S/C9H12O4/c1-6(9(11)12)4-7-2-3-13-8(10)5-7/h4,7H,2-3,5H2,1H3,(H,11,12). The molecular formula is C9H12O4. The highest BCUT2D eigenvalue weighted by molar-refractivity contribution is 5.86. The maximum absolute atomic E-state index is 10.8. The minimum Gasteiger partial charge on any atom is -0.478 e. The number of carbonyl (C=O) groups excluding carboxylic acids is 1. The lowest BCUT2D eigenvalue weighted by Gasteiger charge is -2.18. The van der Waals surface area contributed by atoms with Crippen LogP contribution in [-0.4, -0.2) is 23.7 Å². The van der Waals surface area contributed by atoms with Gasteiger partial charge in [-0.25, -0.2) is 4.79 Å². The molecule has 0 saturated carbocycles. The van der Waals surface area contributed by atoms with Gasteiger partial charge in [-0.1, -0.05) is 6.08 Å². The molecule has 4 nitrogen and oxygen atoms in total. The zero-order chi connectivity index (χ0) is 9.84. The molecule has 0 bridgehead atoms. The fourth-order valence-corrected chi connectivity index (χ4v) is 1.27. The second-order valence-electron chi connectivity index (χ2n) is 3.13. The highest BCUT2D eigenvalue weighted by atomic mass is 16.5. The molecule has 1 fully saturated rings. The fraction of sp³-hybridized carbons (Fsp3) is 0.556. The van der Waals surface area contributed by atoms with Gasteiger partial charge >= 0.3 is 11.9 Å². The number of carboxylic acid groups (broad SMARTS) is 1. The summed E-state index contributed by atoms with van der Waals surface area (Å²) in [7, 11) is 0. The smallest absolute Gasteiger partial charge is 0.330 e. The Kier molecular flexibility index (Phi) is 3.06. The average Bonchev–Trinajstić information content (AvgIpc) is 2.04. The minimum atomic E-state index is -0.932. The summed E-state index contributed by atoms with van der Waals surface area (Å²) in [5.41, 5.74) is 0.291. The maximum Gasteiger partial charge on any atom is 0.330 e. The Labute approximate surface area is 76.2 Å². The molecule has 1 aliphatic heterocycles. The second-order valence-corrected chi connectivity index (χ2v) is 3.13. The van der Waals surface area contributed by atoms with E-state index in [9.17, 15) is 9.59 Å². The van der Waals surface area contributed by atoms with E-state index in [1.54, 1.807) is 6.08 Å². The van der Waals surface area contributed by atoms with Gasteiger partial charge in [0.05, 0.1) is 13.0 Å². The zero-order valence-electron chi connectivity index (χ0n) is 7.45. The van der Waals surface area contributed by atoms with E-state index < -0.39 is 5.97 Å². The lowest BCUT2D eigenvalue weighted by atomic mass is 9.97. The summed E-state index contributed by atoms with van der Waals surface area (Å²) in [5.74, 6) is -1.15. The SMILES string of the molecule is CC(=CC1CCOC(=O)C1)C(=O)O. The van der Waals surface area contributed by atoms with Crippen LogP contribution in [0.2, 0.25) is 0 Å². The van der Waals surface area contributed by atoms with Crippen LogP contribution in [0, 0.1) is 5.92 Å². The first kappa shape index (κ1) is 9.77. The quantitative estimate of drug-likeness (QED) is 0.513. The summed E-state index contributed by atoms with van der Waals surface area (Å²) >= 11 is 0. The average molecular weight is 184 g/mol. The summed E-state index contributed by atoms with van der Waals surface area (Å²) in [6, 6.07) is 0. The van der Waals surface area contributed by atoms with Crippen molar-refractivity contribution in [3.8, 4) is 0 Å².